The molecular formula is C61H105N3O7. The molecule has 406 valence electrons. The fourth-order valence-corrected chi connectivity index (χ4v) is 8.84. The number of hydrogen-bond acceptors (Lipinski definition) is 7. The van der Waals surface area contributed by atoms with Gasteiger partial charge < -0.3 is 34.9 Å². The molecule has 2 aromatic carbocycles. The Hall–Kier alpha value is -3.95. The lowest BCUT2D eigenvalue weighted by atomic mass is 10.1. The lowest BCUT2D eigenvalue weighted by Gasteiger charge is -2.23. The molecule has 0 saturated carbocycles. The summed E-state index contributed by atoms with van der Waals surface area (Å²) in [5, 5.41) is 8.75. The maximum Gasteiger partial charge on any atom is 0.408 e. The number of nitrogens with one attached hydrogen (secondary N) is 3. The second-order valence-electron chi connectivity index (χ2n) is 21.3. The minimum absolute atomic E-state index is 0.0288. The van der Waals surface area contributed by atoms with E-state index in [1.165, 1.54) is 161 Å². The molecule has 1 unspecified atom stereocenters. The van der Waals surface area contributed by atoms with Crippen LogP contribution in [0.3, 0.4) is 0 Å². The molecule has 3 amide bonds. The van der Waals surface area contributed by atoms with Crippen molar-refractivity contribution in [3.8, 4) is 17.2 Å². The van der Waals surface area contributed by atoms with Gasteiger partial charge in [0.25, 0.3) is 0 Å². The largest absolute Gasteiger partial charge is 0.494 e. The highest BCUT2D eigenvalue weighted by molar-refractivity contribution is 5.86. The summed E-state index contributed by atoms with van der Waals surface area (Å²) in [5.74, 6) is 1.61. The molecule has 0 aliphatic heterocycles. The van der Waals surface area contributed by atoms with Gasteiger partial charge in [0, 0.05) is 25.6 Å². The molecule has 0 aromatic heterocycles. The van der Waals surface area contributed by atoms with Crippen molar-refractivity contribution in [2.24, 2.45) is 0 Å². The average molecular weight is 993 g/mol. The van der Waals surface area contributed by atoms with E-state index in [-0.39, 0.29) is 25.3 Å². The van der Waals surface area contributed by atoms with Crippen LogP contribution >= 0.6 is 0 Å². The highest BCUT2D eigenvalue weighted by Gasteiger charge is 2.25. The fraction of sp³-hybridized carbons (Fsp3) is 0.754. The van der Waals surface area contributed by atoms with Gasteiger partial charge in [-0.3, -0.25) is 9.59 Å². The predicted molar refractivity (Wildman–Crippen MR) is 296 cm³/mol. The van der Waals surface area contributed by atoms with Crippen LogP contribution < -0.4 is 30.2 Å². The molecule has 0 aliphatic rings. The van der Waals surface area contributed by atoms with Crippen LogP contribution in [0, 0.1) is 6.92 Å². The molecule has 0 spiro atoms. The number of alkyl carbamates (subject to hydrolysis) is 1. The molecule has 10 heteroatoms. The van der Waals surface area contributed by atoms with Gasteiger partial charge in [0.2, 0.25) is 11.8 Å². The van der Waals surface area contributed by atoms with Crippen molar-refractivity contribution >= 4 is 17.9 Å². The number of benzene rings is 2. The van der Waals surface area contributed by atoms with Gasteiger partial charge in [-0.1, -0.05) is 200 Å². The molecule has 0 heterocycles. The molecule has 3 N–H and O–H groups in total. The van der Waals surface area contributed by atoms with Crippen molar-refractivity contribution < 1.29 is 33.3 Å². The normalized spacial score (nSPS) is 11.8. The van der Waals surface area contributed by atoms with Crippen molar-refractivity contribution in [1.29, 1.82) is 0 Å². The third-order valence-electron chi connectivity index (χ3n) is 13.0. The maximum absolute atomic E-state index is 13.9. The number of hydrogen-bond donors (Lipinski definition) is 3. The van der Waals surface area contributed by atoms with Gasteiger partial charge in [-0.2, -0.15) is 0 Å². The summed E-state index contributed by atoms with van der Waals surface area (Å²) in [4.78, 5) is 40.1. The van der Waals surface area contributed by atoms with E-state index < -0.39 is 23.6 Å². The molecule has 10 nitrogen and oxygen atoms in total. The van der Waals surface area contributed by atoms with E-state index in [4.69, 9.17) is 18.9 Å². The minimum atomic E-state index is -0.997. The van der Waals surface area contributed by atoms with Crippen LogP contribution in [0.4, 0.5) is 4.79 Å². The molecule has 0 fully saturated rings. The summed E-state index contributed by atoms with van der Waals surface area (Å²) in [6.45, 7) is 16.6. The molecule has 0 radical (unpaired) electrons. The first-order valence-electron chi connectivity index (χ1n) is 29.1. The zero-order valence-electron chi connectivity index (χ0n) is 46.6. The van der Waals surface area contributed by atoms with Gasteiger partial charge in [0.1, 0.15) is 28.9 Å². The third kappa shape index (κ3) is 35.8. The van der Waals surface area contributed by atoms with Gasteiger partial charge in [-0.25, -0.2) is 4.79 Å². The SMILES string of the molecule is CCCCCCCCCCCCOc1cc(C)cc(CNC(=O)CCC(NC(=O)OC(C)(C)C)C(=O)NCc2cc(OCCCCCCCCCCCC)cc(OCCCCCCCCCCCC)c2)c1. The summed E-state index contributed by atoms with van der Waals surface area (Å²) in [7, 11) is 0. The topological polar surface area (TPSA) is 124 Å². The molecule has 1 atom stereocenters. The van der Waals surface area contributed by atoms with E-state index in [1.54, 1.807) is 20.8 Å². The van der Waals surface area contributed by atoms with Gasteiger partial charge in [0.15, 0.2) is 0 Å². The van der Waals surface area contributed by atoms with E-state index >= 15 is 0 Å². The number of rotatable bonds is 45. The van der Waals surface area contributed by atoms with Crippen LogP contribution in [-0.4, -0.2) is 49.4 Å². The first-order valence-corrected chi connectivity index (χ1v) is 29.1. The van der Waals surface area contributed by atoms with Crippen LogP contribution in [0.1, 0.15) is 264 Å². The van der Waals surface area contributed by atoms with Crippen molar-refractivity contribution in [3.05, 3.63) is 53.1 Å². The van der Waals surface area contributed by atoms with Gasteiger partial charge in [-0.05, 0) is 94.3 Å². The molecular weight excluding hydrogens is 887 g/mol. The maximum atomic E-state index is 13.9. The second kappa shape index (κ2) is 41.5. The van der Waals surface area contributed by atoms with Gasteiger partial charge >= 0.3 is 6.09 Å². The average Bonchev–Trinajstić information content (AvgIpc) is 3.33. The molecule has 2 aromatic rings. The zero-order chi connectivity index (χ0) is 51.6. The van der Waals surface area contributed by atoms with E-state index in [1.807, 2.05) is 43.3 Å². The van der Waals surface area contributed by atoms with Crippen molar-refractivity contribution in [3.63, 3.8) is 0 Å². The quantitative estimate of drug-likeness (QED) is 0.0565. The van der Waals surface area contributed by atoms with Crippen LogP contribution in [-0.2, 0) is 27.4 Å². The number of ether oxygens (including phenoxy) is 4. The molecule has 0 bridgehead atoms. The van der Waals surface area contributed by atoms with E-state index in [0.717, 1.165) is 54.5 Å². The van der Waals surface area contributed by atoms with Crippen LogP contribution in [0.2, 0.25) is 0 Å². The highest BCUT2D eigenvalue weighted by Crippen LogP contribution is 2.25. The van der Waals surface area contributed by atoms with E-state index in [9.17, 15) is 14.4 Å². The molecule has 71 heavy (non-hydrogen) atoms. The Labute approximate surface area is 434 Å². The number of unbranched alkanes of at least 4 members (excludes halogenated alkanes) is 27. The molecule has 0 saturated heterocycles. The standard InChI is InChI=1S/C61H105N3O7/c1-8-11-14-17-20-23-26-29-32-35-40-68-54-44-51(4)43-52(45-54)49-62-58(65)39-38-57(64-60(67)71-61(5,6)7)59(66)63-50-53-46-55(69-41-36-33-30-27-24-21-18-15-12-9-2)48-56(47-53)70-42-37-34-31-28-25-22-19-16-13-10-3/h43-48,57H,8-42,49-50H2,1-7H3,(H,62,65)(H,63,66)(H,64,67). The van der Waals surface area contributed by atoms with E-state index in [2.05, 4.69) is 36.7 Å². The smallest absolute Gasteiger partial charge is 0.408 e. The van der Waals surface area contributed by atoms with Crippen molar-refractivity contribution in [1.82, 2.24) is 16.0 Å². The number of carbonyl (C=O) groups is 3. The lowest BCUT2D eigenvalue weighted by Crippen LogP contribution is -2.48. The minimum Gasteiger partial charge on any atom is -0.494 e. The Morgan fingerprint density at radius 3 is 1.21 bits per heavy atom. The lowest BCUT2D eigenvalue weighted by molar-refractivity contribution is -0.124. The molecule has 0 aliphatic carbocycles. The Bertz CT molecular complexity index is 1610. The summed E-state index contributed by atoms with van der Waals surface area (Å²) in [6, 6.07) is 10.9. The highest BCUT2D eigenvalue weighted by atomic mass is 16.6. The second-order valence-corrected chi connectivity index (χ2v) is 21.3. The third-order valence-corrected chi connectivity index (χ3v) is 13.0. The number of amides is 3. The van der Waals surface area contributed by atoms with E-state index in [0.29, 0.717) is 37.9 Å². The Kier molecular flexibility index (Phi) is 36.9. The number of aryl methyl sites for hydroxylation is 1. The Balaban J connectivity index is 1.98. The molecule has 2 rings (SSSR count). The van der Waals surface area contributed by atoms with Gasteiger partial charge in [-0.15, -0.1) is 0 Å². The van der Waals surface area contributed by atoms with Gasteiger partial charge in [0.05, 0.1) is 19.8 Å². The van der Waals surface area contributed by atoms with Crippen LogP contribution in [0.15, 0.2) is 36.4 Å². The first kappa shape index (κ1) is 63.2. The summed E-state index contributed by atoms with van der Waals surface area (Å²) >= 11 is 0. The van der Waals surface area contributed by atoms with Crippen LogP contribution in [0.25, 0.3) is 0 Å². The Morgan fingerprint density at radius 1 is 0.465 bits per heavy atom. The summed E-state index contributed by atoms with van der Waals surface area (Å²) in [6.07, 6.45) is 37.4. The monoisotopic (exact) mass is 992 g/mol. The first-order chi connectivity index (χ1) is 34.4. The summed E-state index contributed by atoms with van der Waals surface area (Å²) < 4.78 is 24.2. The number of carbonyl (C=O) groups excluding carboxylic acids is 3. The Morgan fingerprint density at radius 2 is 0.817 bits per heavy atom. The summed E-state index contributed by atoms with van der Waals surface area (Å²) in [5.41, 5.74) is 2.08. The van der Waals surface area contributed by atoms with Crippen molar-refractivity contribution in [2.75, 3.05) is 19.8 Å². The predicted octanol–water partition coefficient (Wildman–Crippen LogP) is 16.5. The van der Waals surface area contributed by atoms with Crippen molar-refractivity contribution in [2.45, 2.75) is 279 Å². The van der Waals surface area contributed by atoms with Crippen LogP contribution in [0.5, 0.6) is 17.2 Å². The fourth-order valence-electron chi connectivity index (χ4n) is 8.84. The zero-order valence-corrected chi connectivity index (χ0v) is 46.6.